The monoisotopic (exact) mass is 326 g/mol. The Bertz CT molecular complexity index is 438. The summed E-state index contributed by atoms with van der Waals surface area (Å²) in [6.07, 6.45) is 1.25. The van der Waals surface area contributed by atoms with Crippen molar-refractivity contribution in [2.45, 2.75) is 65.3 Å². The summed E-state index contributed by atoms with van der Waals surface area (Å²) in [6, 6.07) is 0. The second-order valence-corrected chi connectivity index (χ2v) is 7.50. The summed E-state index contributed by atoms with van der Waals surface area (Å²) in [5.41, 5.74) is -0.460. The number of hydrogen-bond donors (Lipinski definition) is 0. The van der Waals surface area contributed by atoms with Crippen molar-refractivity contribution in [1.82, 2.24) is 9.80 Å². The van der Waals surface area contributed by atoms with E-state index in [1.54, 1.807) is 4.90 Å². The summed E-state index contributed by atoms with van der Waals surface area (Å²) in [5.74, 6) is 0.466. The number of carbonyl (C=O) groups is 2. The van der Waals surface area contributed by atoms with Gasteiger partial charge in [-0.15, -0.1) is 0 Å². The highest BCUT2D eigenvalue weighted by atomic mass is 16.6. The number of ether oxygens (including phenoxy) is 2. The fourth-order valence-electron chi connectivity index (χ4n) is 3.25. The van der Waals surface area contributed by atoms with Crippen molar-refractivity contribution in [3.8, 4) is 0 Å². The minimum Gasteiger partial charge on any atom is -0.444 e. The first-order chi connectivity index (χ1) is 10.7. The number of hydrogen-bond acceptors (Lipinski definition) is 4. The van der Waals surface area contributed by atoms with Gasteiger partial charge in [-0.05, 0) is 53.4 Å². The molecule has 0 aromatic rings. The van der Waals surface area contributed by atoms with E-state index in [2.05, 4.69) is 0 Å². The van der Waals surface area contributed by atoms with E-state index >= 15 is 0 Å². The molecule has 0 N–H and O–H groups in total. The number of amides is 2. The van der Waals surface area contributed by atoms with Crippen molar-refractivity contribution in [3.63, 3.8) is 0 Å². The number of likely N-dealkylation sites (N-methyl/N-ethyl adjacent to an activating group) is 1. The molecule has 2 aliphatic heterocycles. The second-order valence-electron chi connectivity index (χ2n) is 7.50. The summed E-state index contributed by atoms with van der Waals surface area (Å²) >= 11 is 0. The quantitative estimate of drug-likeness (QED) is 0.781. The Balaban J connectivity index is 1.87. The molecule has 0 aromatic heterocycles. The van der Waals surface area contributed by atoms with Gasteiger partial charge in [-0.1, -0.05) is 0 Å². The van der Waals surface area contributed by atoms with Crippen LogP contribution in [0.15, 0.2) is 0 Å². The summed E-state index contributed by atoms with van der Waals surface area (Å²) < 4.78 is 11.3. The maximum Gasteiger partial charge on any atom is 0.410 e. The SMILES string of the molecule is CCN1CC(C2CCN(C(=O)OC(C)(C)C)CC2)O[C@H](C)C1=O. The number of morpholine rings is 1. The Labute approximate surface area is 139 Å². The highest BCUT2D eigenvalue weighted by Gasteiger charge is 2.37. The van der Waals surface area contributed by atoms with Gasteiger partial charge in [0.1, 0.15) is 11.7 Å². The number of rotatable bonds is 2. The molecule has 0 radical (unpaired) electrons. The lowest BCUT2D eigenvalue weighted by molar-refractivity contribution is -0.165. The van der Waals surface area contributed by atoms with Gasteiger partial charge < -0.3 is 19.3 Å². The second kappa shape index (κ2) is 7.07. The van der Waals surface area contributed by atoms with E-state index in [1.165, 1.54) is 0 Å². The van der Waals surface area contributed by atoms with Gasteiger partial charge >= 0.3 is 6.09 Å². The van der Waals surface area contributed by atoms with Crippen LogP contribution in [-0.4, -0.2) is 65.8 Å². The van der Waals surface area contributed by atoms with Crippen LogP contribution in [0.25, 0.3) is 0 Å². The Morgan fingerprint density at radius 3 is 2.43 bits per heavy atom. The van der Waals surface area contributed by atoms with Gasteiger partial charge in [-0.2, -0.15) is 0 Å². The molecule has 2 heterocycles. The molecule has 6 nitrogen and oxygen atoms in total. The standard InChI is InChI=1S/C17H30N2O4/c1-6-18-11-14(22-12(2)15(18)20)13-7-9-19(10-8-13)16(21)23-17(3,4)5/h12-14H,6-11H2,1-5H3/t12-,14?/m1/s1. The van der Waals surface area contributed by atoms with Crippen LogP contribution in [0.5, 0.6) is 0 Å². The molecule has 1 unspecified atom stereocenters. The number of carbonyl (C=O) groups excluding carboxylic acids is 2. The largest absolute Gasteiger partial charge is 0.444 e. The molecule has 23 heavy (non-hydrogen) atoms. The van der Waals surface area contributed by atoms with Crippen LogP contribution in [0.2, 0.25) is 0 Å². The van der Waals surface area contributed by atoms with Crippen LogP contribution in [0.4, 0.5) is 4.79 Å². The van der Waals surface area contributed by atoms with E-state index in [-0.39, 0.29) is 24.2 Å². The van der Waals surface area contributed by atoms with Crippen molar-refractivity contribution in [3.05, 3.63) is 0 Å². The minimum atomic E-state index is -0.460. The lowest BCUT2D eigenvalue weighted by Gasteiger charge is -2.42. The van der Waals surface area contributed by atoms with E-state index in [9.17, 15) is 9.59 Å². The summed E-state index contributed by atoms with van der Waals surface area (Å²) in [7, 11) is 0. The van der Waals surface area contributed by atoms with Crippen LogP contribution >= 0.6 is 0 Å². The molecule has 2 rings (SSSR count). The average molecular weight is 326 g/mol. The normalized spacial score (nSPS) is 27.3. The van der Waals surface area contributed by atoms with Gasteiger partial charge in [0.15, 0.2) is 0 Å². The van der Waals surface area contributed by atoms with Gasteiger partial charge in [0.2, 0.25) is 0 Å². The van der Waals surface area contributed by atoms with E-state index in [4.69, 9.17) is 9.47 Å². The maximum absolute atomic E-state index is 12.1. The molecule has 2 aliphatic rings. The van der Waals surface area contributed by atoms with Gasteiger partial charge in [0.05, 0.1) is 6.10 Å². The van der Waals surface area contributed by atoms with Crippen LogP contribution in [0, 0.1) is 5.92 Å². The molecule has 2 atom stereocenters. The molecule has 2 fully saturated rings. The summed E-state index contributed by atoms with van der Waals surface area (Å²) in [4.78, 5) is 27.7. The third-order valence-electron chi connectivity index (χ3n) is 4.54. The zero-order valence-electron chi connectivity index (χ0n) is 15.0. The van der Waals surface area contributed by atoms with Gasteiger partial charge in [-0.25, -0.2) is 4.79 Å². The molecular formula is C17H30N2O4. The third-order valence-corrected chi connectivity index (χ3v) is 4.54. The van der Waals surface area contributed by atoms with Crippen molar-refractivity contribution in [2.24, 2.45) is 5.92 Å². The van der Waals surface area contributed by atoms with E-state index in [0.29, 0.717) is 25.6 Å². The molecule has 0 aliphatic carbocycles. The summed E-state index contributed by atoms with van der Waals surface area (Å²) in [6.45, 7) is 12.2. The number of nitrogens with zero attached hydrogens (tertiary/aromatic N) is 2. The Kier molecular flexibility index (Phi) is 5.55. The fourth-order valence-corrected chi connectivity index (χ4v) is 3.25. The Hall–Kier alpha value is -1.30. The predicted octanol–water partition coefficient (Wildman–Crippen LogP) is 2.27. The Morgan fingerprint density at radius 2 is 1.91 bits per heavy atom. The van der Waals surface area contributed by atoms with E-state index in [1.807, 2.05) is 39.5 Å². The molecule has 0 spiro atoms. The predicted molar refractivity (Wildman–Crippen MR) is 87.1 cm³/mol. The molecular weight excluding hydrogens is 296 g/mol. The molecule has 0 saturated carbocycles. The van der Waals surface area contributed by atoms with Gasteiger partial charge in [-0.3, -0.25) is 4.79 Å². The molecule has 0 aromatic carbocycles. The molecule has 132 valence electrons. The Morgan fingerprint density at radius 1 is 1.30 bits per heavy atom. The highest BCUT2D eigenvalue weighted by molar-refractivity contribution is 5.81. The third kappa shape index (κ3) is 4.59. The lowest BCUT2D eigenvalue weighted by Crippen LogP contribution is -2.54. The fraction of sp³-hybridized carbons (Fsp3) is 0.882. The highest BCUT2D eigenvalue weighted by Crippen LogP contribution is 2.28. The van der Waals surface area contributed by atoms with Crippen LogP contribution in [0.1, 0.15) is 47.5 Å². The van der Waals surface area contributed by atoms with Crippen LogP contribution < -0.4 is 0 Å². The minimum absolute atomic E-state index is 0.0726. The molecule has 2 saturated heterocycles. The lowest BCUT2D eigenvalue weighted by atomic mass is 9.90. The smallest absolute Gasteiger partial charge is 0.410 e. The van der Waals surface area contributed by atoms with Crippen LogP contribution in [-0.2, 0) is 14.3 Å². The van der Waals surface area contributed by atoms with Crippen molar-refractivity contribution >= 4 is 12.0 Å². The molecule has 0 bridgehead atoms. The first-order valence-corrected chi connectivity index (χ1v) is 8.63. The maximum atomic E-state index is 12.1. The van der Waals surface area contributed by atoms with E-state index < -0.39 is 5.60 Å². The number of piperidine rings is 1. The van der Waals surface area contributed by atoms with Gasteiger partial charge in [0, 0.05) is 26.2 Å². The zero-order valence-corrected chi connectivity index (χ0v) is 15.0. The first kappa shape index (κ1) is 18.0. The van der Waals surface area contributed by atoms with Crippen molar-refractivity contribution in [2.75, 3.05) is 26.2 Å². The topological polar surface area (TPSA) is 59.1 Å². The van der Waals surface area contributed by atoms with Gasteiger partial charge in [0.25, 0.3) is 5.91 Å². The molecule has 2 amide bonds. The van der Waals surface area contributed by atoms with Crippen LogP contribution in [0.3, 0.4) is 0 Å². The molecule has 6 heteroatoms. The zero-order chi connectivity index (χ0) is 17.2. The van der Waals surface area contributed by atoms with Crippen molar-refractivity contribution in [1.29, 1.82) is 0 Å². The van der Waals surface area contributed by atoms with E-state index in [0.717, 1.165) is 19.4 Å². The average Bonchev–Trinajstić information content (AvgIpc) is 2.48. The van der Waals surface area contributed by atoms with Crippen molar-refractivity contribution < 1.29 is 19.1 Å². The summed E-state index contributed by atoms with van der Waals surface area (Å²) in [5, 5.41) is 0. The first-order valence-electron chi connectivity index (χ1n) is 8.63. The number of likely N-dealkylation sites (tertiary alicyclic amines) is 1.